The van der Waals surface area contributed by atoms with Crippen molar-refractivity contribution in [2.75, 3.05) is 20.6 Å². The average Bonchev–Trinajstić information content (AvgIpc) is 2.74. The second-order valence-corrected chi connectivity index (χ2v) is 4.35. The predicted octanol–water partition coefficient (Wildman–Crippen LogP) is 1.03. The maximum Gasteiger partial charge on any atom is 0.223 e. The molecule has 0 aliphatic carbocycles. The van der Waals surface area contributed by atoms with E-state index in [1.54, 1.807) is 19.0 Å². The van der Waals surface area contributed by atoms with Crippen molar-refractivity contribution < 1.29 is 4.79 Å². The predicted molar refractivity (Wildman–Crippen MR) is 67.6 cm³/mol. The Morgan fingerprint density at radius 3 is 2.88 bits per heavy atom. The molecule has 1 rings (SSSR count). The van der Waals surface area contributed by atoms with Crippen LogP contribution >= 0.6 is 0 Å². The molecule has 0 fully saturated rings. The Bertz CT molecular complexity index is 359. The highest BCUT2D eigenvalue weighted by Gasteiger charge is 2.08. The Labute approximate surface area is 103 Å². The largest absolute Gasteiger partial charge is 0.349 e. The normalized spacial score (nSPS) is 12.5. The summed E-state index contributed by atoms with van der Waals surface area (Å²) >= 11 is 0. The fourth-order valence-corrected chi connectivity index (χ4v) is 1.58. The number of amides is 1. The van der Waals surface area contributed by atoms with E-state index < -0.39 is 0 Å². The lowest BCUT2D eigenvalue weighted by Gasteiger charge is -2.10. The summed E-state index contributed by atoms with van der Waals surface area (Å²) in [5.41, 5.74) is 1.16. The van der Waals surface area contributed by atoms with Crippen LogP contribution in [0.5, 0.6) is 0 Å². The first-order valence-corrected chi connectivity index (χ1v) is 6.00. The summed E-state index contributed by atoms with van der Waals surface area (Å²) in [6.07, 6.45) is 4.34. The topological polar surface area (TPSA) is 50.2 Å². The highest BCUT2D eigenvalue weighted by molar-refractivity contribution is 5.75. The van der Waals surface area contributed by atoms with Crippen LogP contribution in [-0.4, -0.2) is 41.2 Å². The molecule has 5 nitrogen and oxygen atoms in total. The molecule has 1 aromatic heterocycles. The monoisotopic (exact) mass is 238 g/mol. The molecule has 1 amide bonds. The SMILES string of the molecule is CCNC(C)c1cnn(CCC(=O)N(C)C)c1. The van der Waals surface area contributed by atoms with Crippen molar-refractivity contribution in [1.82, 2.24) is 20.0 Å². The van der Waals surface area contributed by atoms with Gasteiger partial charge in [-0.15, -0.1) is 0 Å². The number of nitrogens with one attached hydrogen (secondary N) is 1. The van der Waals surface area contributed by atoms with Gasteiger partial charge in [-0.05, 0) is 13.5 Å². The fourth-order valence-electron chi connectivity index (χ4n) is 1.58. The lowest BCUT2D eigenvalue weighted by molar-refractivity contribution is -0.128. The molecule has 0 bridgehead atoms. The van der Waals surface area contributed by atoms with Crippen LogP contribution < -0.4 is 5.32 Å². The van der Waals surface area contributed by atoms with Gasteiger partial charge in [0.15, 0.2) is 0 Å². The molecule has 0 spiro atoms. The summed E-state index contributed by atoms with van der Waals surface area (Å²) in [5, 5.41) is 7.59. The highest BCUT2D eigenvalue weighted by atomic mass is 16.2. The quantitative estimate of drug-likeness (QED) is 0.805. The Hall–Kier alpha value is -1.36. The molecule has 0 saturated heterocycles. The van der Waals surface area contributed by atoms with Crippen molar-refractivity contribution in [3.05, 3.63) is 18.0 Å². The Morgan fingerprint density at radius 2 is 2.29 bits per heavy atom. The number of hydrogen-bond donors (Lipinski definition) is 1. The van der Waals surface area contributed by atoms with Gasteiger partial charge in [0.05, 0.1) is 6.20 Å². The van der Waals surface area contributed by atoms with Gasteiger partial charge in [0, 0.05) is 44.9 Å². The van der Waals surface area contributed by atoms with Crippen molar-refractivity contribution in [3.8, 4) is 0 Å². The molecule has 5 heteroatoms. The van der Waals surface area contributed by atoms with Gasteiger partial charge in [0.25, 0.3) is 0 Å². The van der Waals surface area contributed by atoms with Gasteiger partial charge in [0.1, 0.15) is 0 Å². The summed E-state index contributed by atoms with van der Waals surface area (Å²) in [4.78, 5) is 13.0. The number of aromatic nitrogens is 2. The molecule has 0 saturated carbocycles. The molecule has 0 aromatic carbocycles. The highest BCUT2D eigenvalue weighted by Crippen LogP contribution is 2.10. The molecule has 96 valence electrons. The lowest BCUT2D eigenvalue weighted by Crippen LogP contribution is -2.23. The number of nitrogens with zero attached hydrogens (tertiary/aromatic N) is 3. The number of carbonyl (C=O) groups is 1. The molecule has 1 atom stereocenters. The Morgan fingerprint density at radius 1 is 1.59 bits per heavy atom. The van der Waals surface area contributed by atoms with Gasteiger partial charge < -0.3 is 10.2 Å². The van der Waals surface area contributed by atoms with E-state index in [4.69, 9.17) is 0 Å². The van der Waals surface area contributed by atoms with Crippen LogP contribution in [0.1, 0.15) is 31.9 Å². The molecule has 0 aliphatic heterocycles. The molecule has 1 aromatic rings. The molecule has 1 heterocycles. The number of aryl methyl sites for hydroxylation is 1. The van der Waals surface area contributed by atoms with Gasteiger partial charge in [-0.1, -0.05) is 6.92 Å². The van der Waals surface area contributed by atoms with E-state index in [0.29, 0.717) is 19.0 Å². The van der Waals surface area contributed by atoms with Gasteiger partial charge in [0.2, 0.25) is 5.91 Å². The molecular weight excluding hydrogens is 216 g/mol. The first kappa shape index (κ1) is 13.7. The van der Waals surface area contributed by atoms with Crippen molar-refractivity contribution >= 4 is 5.91 Å². The minimum atomic E-state index is 0.127. The molecule has 1 unspecified atom stereocenters. The Balaban J connectivity index is 2.48. The maximum atomic E-state index is 11.4. The van der Waals surface area contributed by atoms with Crippen LogP contribution in [0.15, 0.2) is 12.4 Å². The third kappa shape index (κ3) is 4.19. The second kappa shape index (κ2) is 6.39. The summed E-state index contributed by atoms with van der Waals surface area (Å²) < 4.78 is 1.82. The lowest BCUT2D eigenvalue weighted by atomic mass is 10.2. The third-order valence-corrected chi connectivity index (χ3v) is 2.72. The van der Waals surface area contributed by atoms with Gasteiger partial charge in [-0.3, -0.25) is 9.48 Å². The smallest absolute Gasteiger partial charge is 0.223 e. The van der Waals surface area contributed by atoms with E-state index in [2.05, 4.69) is 24.3 Å². The van der Waals surface area contributed by atoms with Crippen LogP contribution in [-0.2, 0) is 11.3 Å². The Kier molecular flexibility index (Phi) is 5.15. The van der Waals surface area contributed by atoms with Crippen LogP contribution in [0.4, 0.5) is 0 Å². The van der Waals surface area contributed by atoms with E-state index in [0.717, 1.165) is 12.1 Å². The number of carbonyl (C=O) groups excluding carboxylic acids is 1. The van der Waals surface area contributed by atoms with Crippen molar-refractivity contribution in [2.45, 2.75) is 32.9 Å². The fraction of sp³-hybridized carbons (Fsp3) is 0.667. The summed E-state index contributed by atoms with van der Waals surface area (Å²) in [6, 6.07) is 0.304. The van der Waals surface area contributed by atoms with Gasteiger partial charge in [-0.2, -0.15) is 5.10 Å². The number of rotatable bonds is 6. The zero-order valence-electron chi connectivity index (χ0n) is 11.1. The van der Waals surface area contributed by atoms with E-state index in [-0.39, 0.29) is 5.91 Å². The molecule has 1 N–H and O–H groups in total. The maximum absolute atomic E-state index is 11.4. The minimum absolute atomic E-state index is 0.127. The second-order valence-electron chi connectivity index (χ2n) is 4.35. The van der Waals surface area contributed by atoms with Crippen molar-refractivity contribution in [3.63, 3.8) is 0 Å². The van der Waals surface area contributed by atoms with Gasteiger partial charge in [-0.25, -0.2) is 0 Å². The average molecular weight is 238 g/mol. The van der Waals surface area contributed by atoms with Crippen LogP contribution in [0.3, 0.4) is 0 Å². The van der Waals surface area contributed by atoms with Crippen LogP contribution in [0.25, 0.3) is 0 Å². The van der Waals surface area contributed by atoms with Crippen LogP contribution in [0.2, 0.25) is 0 Å². The van der Waals surface area contributed by atoms with Crippen LogP contribution in [0, 0.1) is 0 Å². The van der Waals surface area contributed by atoms with E-state index in [1.807, 2.05) is 17.1 Å². The zero-order valence-corrected chi connectivity index (χ0v) is 11.1. The first-order valence-electron chi connectivity index (χ1n) is 6.00. The van der Waals surface area contributed by atoms with Crippen molar-refractivity contribution in [2.24, 2.45) is 0 Å². The van der Waals surface area contributed by atoms with Crippen molar-refractivity contribution in [1.29, 1.82) is 0 Å². The summed E-state index contributed by atoms with van der Waals surface area (Å²) in [5.74, 6) is 0.127. The van der Waals surface area contributed by atoms with E-state index in [9.17, 15) is 4.79 Å². The molecular formula is C12H22N4O. The van der Waals surface area contributed by atoms with E-state index >= 15 is 0 Å². The minimum Gasteiger partial charge on any atom is -0.349 e. The third-order valence-electron chi connectivity index (χ3n) is 2.72. The molecule has 17 heavy (non-hydrogen) atoms. The van der Waals surface area contributed by atoms with Gasteiger partial charge >= 0.3 is 0 Å². The summed E-state index contributed by atoms with van der Waals surface area (Å²) in [6.45, 7) is 5.76. The summed E-state index contributed by atoms with van der Waals surface area (Å²) in [7, 11) is 3.54. The number of hydrogen-bond acceptors (Lipinski definition) is 3. The zero-order chi connectivity index (χ0) is 12.8. The first-order chi connectivity index (χ1) is 8.04. The molecule has 0 aliphatic rings. The molecule has 0 radical (unpaired) electrons. The van der Waals surface area contributed by atoms with E-state index in [1.165, 1.54) is 0 Å². The standard InChI is InChI=1S/C12H22N4O/c1-5-13-10(2)11-8-14-16(9-11)7-6-12(17)15(3)4/h8-10,13H,5-7H2,1-4H3.